The number of hydrogen-bond donors (Lipinski definition) is 2. The Kier molecular flexibility index (Phi) is 5.51. The van der Waals surface area contributed by atoms with E-state index in [0.29, 0.717) is 11.4 Å². The third-order valence-electron chi connectivity index (χ3n) is 3.10. The number of hydrogen-bond acceptors (Lipinski definition) is 5. The van der Waals surface area contributed by atoms with Crippen molar-refractivity contribution in [2.45, 2.75) is 0 Å². The first-order valence-corrected chi connectivity index (χ1v) is 6.94. The number of esters is 1. The van der Waals surface area contributed by atoms with E-state index in [1.165, 1.54) is 19.2 Å². The number of rotatable bonds is 6. The Labute approximate surface area is 137 Å². The van der Waals surface area contributed by atoms with Gasteiger partial charge in [-0.1, -0.05) is 12.1 Å². The van der Waals surface area contributed by atoms with Crippen LogP contribution in [0.1, 0.15) is 20.7 Å². The van der Waals surface area contributed by atoms with E-state index in [4.69, 9.17) is 9.84 Å². The number of methoxy groups -OCH3 is 1. The zero-order valence-electron chi connectivity index (χ0n) is 12.8. The van der Waals surface area contributed by atoms with E-state index in [1.807, 2.05) is 0 Å². The molecule has 2 N–H and O–H groups in total. The molecular weight excluding hydrogens is 314 g/mol. The van der Waals surface area contributed by atoms with Gasteiger partial charge in [-0.25, -0.2) is 9.59 Å². The number of anilines is 1. The average molecular weight is 329 g/mol. The van der Waals surface area contributed by atoms with Crippen molar-refractivity contribution < 1.29 is 29.0 Å². The van der Waals surface area contributed by atoms with Crippen LogP contribution in [0.2, 0.25) is 0 Å². The van der Waals surface area contributed by atoms with Crippen LogP contribution in [-0.2, 0) is 9.53 Å². The summed E-state index contributed by atoms with van der Waals surface area (Å²) in [6.07, 6.45) is 0. The lowest BCUT2D eigenvalue weighted by Crippen LogP contribution is -2.16. The number of carboxylic acid groups (broad SMARTS) is 1. The summed E-state index contributed by atoms with van der Waals surface area (Å²) >= 11 is 0. The molecule has 0 heterocycles. The number of carboxylic acids is 1. The second-order valence-electron chi connectivity index (χ2n) is 4.69. The number of ether oxygens (including phenoxy) is 2. The predicted octanol–water partition coefficient (Wildman–Crippen LogP) is 2.19. The molecule has 124 valence electrons. The van der Waals surface area contributed by atoms with Crippen molar-refractivity contribution >= 4 is 23.5 Å². The van der Waals surface area contributed by atoms with Crippen molar-refractivity contribution in [2.24, 2.45) is 0 Å². The van der Waals surface area contributed by atoms with E-state index >= 15 is 0 Å². The summed E-state index contributed by atoms with van der Waals surface area (Å²) in [4.78, 5) is 34.3. The highest BCUT2D eigenvalue weighted by Crippen LogP contribution is 2.17. The fourth-order valence-corrected chi connectivity index (χ4v) is 1.90. The lowest BCUT2D eigenvalue weighted by molar-refractivity contribution is -0.142. The number of carbonyl (C=O) groups is 3. The lowest BCUT2D eigenvalue weighted by atomic mass is 10.1. The maximum Gasteiger partial charge on any atom is 0.343 e. The zero-order valence-corrected chi connectivity index (χ0v) is 12.8. The molecule has 2 rings (SSSR count). The van der Waals surface area contributed by atoms with E-state index in [9.17, 15) is 14.4 Å². The molecule has 0 aliphatic heterocycles. The van der Waals surface area contributed by atoms with Crippen LogP contribution in [0.4, 0.5) is 5.69 Å². The summed E-state index contributed by atoms with van der Waals surface area (Å²) in [5, 5.41) is 11.7. The van der Waals surface area contributed by atoms with Gasteiger partial charge in [0.1, 0.15) is 5.75 Å². The van der Waals surface area contributed by atoms with Gasteiger partial charge in [0.25, 0.3) is 5.91 Å². The molecule has 7 nitrogen and oxygen atoms in total. The Morgan fingerprint density at radius 3 is 2.21 bits per heavy atom. The highest BCUT2D eigenvalue weighted by atomic mass is 16.6. The third kappa shape index (κ3) is 4.33. The molecular formula is C17H15NO6. The van der Waals surface area contributed by atoms with Gasteiger partial charge >= 0.3 is 11.9 Å². The average Bonchev–Trinajstić information content (AvgIpc) is 2.60. The molecule has 24 heavy (non-hydrogen) atoms. The lowest BCUT2D eigenvalue weighted by Gasteiger charge is -2.09. The van der Waals surface area contributed by atoms with E-state index < -0.39 is 17.8 Å². The van der Waals surface area contributed by atoms with Crippen molar-refractivity contribution in [3.8, 4) is 5.75 Å². The molecule has 0 spiro atoms. The summed E-state index contributed by atoms with van der Waals surface area (Å²) in [5.74, 6) is -1.77. The second kappa shape index (κ2) is 7.77. The van der Waals surface area contributed by atoms with Crippen molar-refractivity contribution in [3.05, 3.63) is 59.7 Å². The molecule has 0 radical (unpaired) electrons. The van der Waals surface area contributed by atoms with Crippen LogP contribution in [0.5, 0.6) is 5.75 Å². The first-order valence-electron chi connectivity index (χ1n) is 6.94. The van der Waals surface area contributed by atoms with Gasteiger partial charge in [-0.2, -0.15) is 0 Å². The van der Waals surface area contributed by atoms with Gasteiger partial charge in [0.05, 0.1) is 18.2 Å². The van der Waals surface area contributed by atoms with Crippen LogP contribution in [0.3, 0.4) is 0 Å². The monoisotopic (exact) mass is 329 g/mol. The summed E-state index contributed by atoms with van der Waals surface area (Å²) in [7, 11) is 1.26. The smallest absolute Gasteiger partial charge is 0.343 e. The van der Waals surface area contributed by atoms with Crippen LogP contribution in [0, 0.1) is 0 Å². The van der Waals surface area contributed by atoms with Crippen molar-refractivity contribution in [3.63, 3.8) is 0 Å². The molecule has 0 bridgehead atoms. The van der Waals surface area contributed by atoms with E-state index in [1.54, 1.807) is 36.4 Å². The number of nitrogens with one attached hydrogen (secondary N) is 1. The molecule has 0 saturated carbocycles. The number of carbonyl (C=O) groups excluding carboxylic acids is 2. The largest absolute Gasteiger partial charge is 0.482 e. The maximum absolute atomic E-state index is 12.2. The quantitative estimate of drug-likeness (QED) is 0.788. The topological polar surface area (TPSA) is 102 Å². The molecule has 0 unspecified atom stereocenters. The Hall–Kier alpha value is -3.35. The number of amides is 1. The Balaban J connectivity index is 2.05. The van der Waals surface area contributed by atoms with Gasteiger partial charge in [-0.15, -0.1) is 0 Å². The highest BCUT2D eigenvalue weighted by molar-refractivity contribution is 6.10. The normalized spacial score (nSPS) is 9.88. The fraction of sp³-hybridized carbons (Fsp3) is 0.118. The standard InChI is InChI=1S/C17H15NO6/c1-23-15(19)10-24-12-8-6-11(7-9-12)18-16(20)13-4-2-3-5-14(13)17(21)22/h2-9H,10H2,1H3,(H,18,20)(H,21,22). The predicted molar refractivity (Wildman–Crippen MR) is 85.3 cm³/mol. The van der Waals surface area contributed by atoms with Gasteiger partial charge < -0.3 is 19.9 Å². The minimum Gasteiger partial charge on any atom is -0.482 e. The van der Waals surface area contributed by atoms with Crippen LogP contribution in [0.15, 0.2) is 48.5 Å². The van der Waals surface area contributed by atoms with Gasteiger partial charge in [-0.05, 0) is 36.4 Å². The van der Waals surface area contributed by atoms with Gasteiger partial charge in [0.15, 0.2) is 6.61 Å². The molecule has 0 aliphatic rings. The van der Waals surface area contributed by atoms with Crippen molar-refractivity contribution in [1.29, 1.82) is 0 Å². The summed E-state index contributed by atoms with van der Waals surface area (Å²) in [5.41, 5.74) is 0.453. The van der Waals surface area contributed by atoms with Crippen molar-refractivity contribution in [1.82, 2.24) is 0 Å². The van der Waals surface area contributed by atoms with Gasteiger partial charge in [0.2, 0.25) is 0 Å². The minimum absolute atomic E-state index is 0.0658. The minimum atomic E-state index is -1.17. The first-order chi connectivity index (χ1) is 11.5. The van der Waals surface area contributed by atoms with Crippen LogP contribution in [0.25, 0.3) is 0 Å². The van der Waals surface area contributed by atoms with E-state index in [2.05, 4.69) is 10.1 Å². The first kappa shape index (κ1) is 17.0. The number of aromatic carboxylic acids is 1. The zero-order chi connectivity index (χ0) is 17.5. The molecule has 2 aromatic carbocycles. The maximum atomic E-state index is 12.2. The van der Waals surface area contributed by atoms with Crippen LogP contribution in [-0.4, -0.2) is 36.7 Å². The number of benzene rings is 2. The van der Waals surface area contributed by atoms with E-state index in [-0.39, 0.29) is 17.7 Å². The van der Waals surface area contributed by atoms with Gasteiger partial charge in [0, 0.05) is 5.69 Å². The molecule has 2 aromatic rings. The Morgan fingerprint density at radius 2 is 1.62 bits per heavy atom. The highest BCUT2D eigenvalue weighted by Gasteiger charge is 2.15. The molecule has 0 aliphatic carbocycles. The van der Waals surface area contributed by atoms with E-state index in [0.717, 1.165) is 0 Å². The Morgan fingerprint density at radius 1 is 1.00 bits per heavy atom. The molecule has 0 saturated heterocycles. The second-order valence-corrected chi connectivity index (χ2v) is 4.69. The van der Waals surface area contributed by atoms with Gasteiger partial charge in [-0.3, -0.25) is 4.79 Å². The van der Waals surface area contributed by atoms with Crippen molar-refractivity contribution in [2.75, 3.05) is 19.0 Å². The van der Waals surface area contributed by atoms with Crippen LogP contribution >= 0.6 is 0 Å². The third-order valence-corrected chi connectivity index (χ3v) is 3.10. The molecule has 7 heteroatoms. The van der Waals surface area contributed by atoms with Crippen LogP contribution < -0.4 is 10.1 Å². The molecule has 0 fully saturated rings. The molecule has 0 atom stereocenters. The summed E-state index contributed by atoms with van der Waals surface area (Å²) in [6.45, 7) is -0.214. The summed E-state index contributed by atoms with van der Waals surface area (Å²) in [6, 6.07) is 12.2. The molecule has 1 amide bonds. The Bertz CT molecular complexity index is 754. The molecule has 0 aromatic heterocycles. The fourth-order valence-electron chi connectivity index (χ4n) is 1.90. The summed E-state index contributed by atoms with van der Waals surface area (Å²) < 4.78 is 9.65. The SMILES string of the molecule is COC(=O)COc1ccc(NC(=O)c2ccccc2C(=O)O)cc1.